The molecule has 11 heteroatoms. The molecule has 0 aliphatic carbocycles. The third-order valence-corrected chi connectivity index (χ3v) is 4.55. The Morgan fingerprint density at radius 3 is 1.91 bits per heavy atom. The lowest BCUT2D eigenvalue weighted by atomic mass is 9.96. The van der Waals surface area contributed by atoms with Crippen molar-refractivity contribution in [1.82, 2.24) is 0 Å². The zero-order chi connectivity index (χ0) is 25.0. The van der Waals surface area contributed by atoms with Crippen molar-refractivity contribution in [3.05, 3.63) is 12.2 Å². The number of ether oxygens (including phenoxy) is 5. The van der Waals surface area contributed by atoms with E-state index in [1.165, 1.54) is 6.92 Å². The van der Waals surface area contributed by atoms with Gasteiger partial charge in [0.05, 0.1) is 6.61 Å². The molecule has 0 radical (unpaired) electrons. The molecule has 1 aliphatic heterocycles. The molecule has 1 saturated heterocycles. The van der Waals surface area contributed by atoms with Gasteiger partial charge >= 0.3 is 29.8 Å². The van der Waals surface area contributed by atoms with E-state index in [0.717, 1.165) is 0 Å². The molecule has 0 unspecified atom stereocenters. The molecule has 186 valence electrons. The van der Waals surface area contributed by atoms with E-state index in [-0.39, 0.29) is 25.9 Å². The highest BCUT2D eigenvalue weighted by Crippen LogP contribution is 2.34. The van der Waals surface area contributed by atoms with Gasteiger partial charge in [0.15, 0.2) is 12.2 Å². The Labute approximate surface area is 192 Å². The summed E-state index contributed by atoms with van der Waals surface area (Å²) in [5.74, 6) is -6.28. The highest BCUT2D eigenvalue weighted by molar-refractivity contribution is 5.90. The zero-order valence-corrected chi connectivity index (χ0v) is 19.4. The van der Waals surface area contributed by atoms with Gasteiger partial charge in [0.25, 0.3) is 5.79 Å². The molecule has 0 aromatic rings. The second-order valence-corrected chi connectivity index (χ2v) is 7.56. The molecule has 11 nitrogen and oxygen atoms in total. The number of carboxylic acids is 1. The number of hydrogen-bond donors (Lipinski definition) is 1. The number of rotatable bonds is 12. The molecule has 0 bridgehead atoms. The second-order valence-electron chi connectivity index (χ2n) is 7.56. The fraction of sp³-hybridized carbons (Fsp3) is 0.682. The van der Waals surface area contributed by atoms with Crippen LogP contribution >= 0.6 is 0 Å². The van der Waals surface area contributed by atoms with E-state index in [9.17, 15) is 24.0 Å². The van der Waals surface area contributed by atoms with Crippen molar-refractivity contribution in [2.75, 3.05) is 6.61 Å². The van der Waals surface area contributed by atoms with E-state index in [0.29, 0.717) is 31.4 Å². The number of carboxylic acid groups (broad SMARTS) is 1. The first-order valence-corrected chi connectivity index (χ1v) is 10.9. The number of aliphatic carboxylic acids is 1. The largest absolute Gasteiger partial charge is 0.478 e. The average molecular weight is 472 g/mol. The monoisotopic (exact) mass is 472 g/mol. The second kappa shape index (κ2) is 13.6. The summed E-state index contributed by atoms with van der Waals surface area (Å²) in [5.41, 5.74) is 0. The van der Waals surface area contributed by atoms with Crippen LogP contribution in [0.25, 0.3) is 0 Å². The van der Waals surface area contributed by atoms with Crippen LogP contribution in [0.4, 0.5) is 0 Å². The minimum atomic E-state index is -1.95. The summed E-state index contributed by atoms with van der Waals surface area (Å²) >= 11 is 0. The van der Waals surface area contributed by atoms with E-state index < -0.39 is 53.9 Å². The first-order valence-electron chi connectivity index (χ1n) is 10.9. The van der Waals surface area contributed by atoms with E-state index in [2.05, 4.69) is 0 Å². The third kappa shape index (κ3) is 9.21. The van der Waals surface area contributed by atoms with Crippen LogP contribution in [0.15, 0.2) is 12.2 Å². The molecule has 1 aliphatic rings. The van der Waals surface area contributed by atoms with Crippen LogP contribution in [-0.2, 0) is 47.7 Å². The van der Waals surface area contributed by atoms with Gasteiger partial charge in [0, 0.05) is 38.3 Å². The van der Waals surface area contributed by atoms with E-state index in [1.807, 2.05) is 0 Å². The summed E-state index contributed by atoms with van der Waals surface area (Å²) in [4.78, 5) is 59.6. The van der Waals surface area contributed by atoms with Crippen LogP contribution in [0, 0.1) is 0 Å². The summed E-state index contributed by atoms with van der Waals surface area (Å²) in [5, 5.41) is 8.72. The van der Waals surface area contributed by atoms with E-state index in [4.69, 9.17) is 28.8 Å². The van der Waals surface area contributed by atoms with E-state index in [1.54, 1.807) is 20.8 Å². The smallest absolute Gasteiger partial charge is 0.333 e. The molecule has 1 rings (SSSR count). The number of carbonyl (C=O) groups is 5. The molecule has 1 N–H and O–H groups in total. The minimum Gasteiger partial charge on any atom is -0.478 e. The lowest BCUT2D eigenvalue weighted by molar-refractivity contribution is -0.321. The third-order valence-electron chi connectivity index (χ3n) is 4.55. The average Bonchev–Trinajstić information content (AvgIpc) is 2.72. The van der Waals surface area contributed by atoms with Gasteiger partial charge < -0.3 is 28.8 Å². The Morgan fingerprint density at radius 2 is 1.39 bits per heavy atom. The van der Waals surface area contributed by atoms with Crippen molar-refractivity contribution in [2.45, 2.75) is 90.3 Å². The quantitative estimate of drug-likeness (QED) is 0.252. The Bertz CT molecular complexity index is 745. The standard InChI is InChI=1S/C22H32O11/c1-5-8-16(25)30-14-13-29-22(4,33-19(28)12-11-15(23)24)21(32-18(27)10-7-3)20(14)31-17(26)9-6-2/h11-12,14,20-21H,5-10,13H2,1-4H3,(H,23,24)/b12-11+/t14-,20+,21-,22+/m1/s1. The Balaban J connectivity index is 3.31. The lowest BCUT2D eigenvalue weighted by Crippen LogP contribution is -2.64. The first-order chi connectivity index (χ1) is 15.6. The highest BCUT2D eigenvalue weighted by Gasteiger charge is 2.56. The Kier molecular flexibility index (Phi) is 11.5. The van der Waals surface area contributed by atoms with Gasteiger partial charge in [-0.1, -0.05) is 20.8 Å². The molecule has 1 fully saturated rings. The van der Waals surface area contributed by atoms with Gasteiger partial charge in [-0.3, -0.25) is 14.4 Å². The Hall–Kier alpha value is -2.95. The van der Waals surface area contributed by atoms with Crippen LogP contribution in [-0.4, -0.2) is 65.7 Å². The van der Waals surface area contributed by atoms with Crippen LogP contribution in [0.2, 0.25) is 0 Å². The van der Waals surface area contributed by atoms with Gasteiger partial charge in [-0.25, -0.2) is 9.59 Å². The molecular weight excluding hydrogens is 440 g/mol. The van der Waals surface area contributed by atoms with Crippen LogP contribution in [0.5, 0.6) is 0 Å². The normalized spacial score (nSPS) is 24.7. The molecule has 0 spiro atoms. The molecular formula is C22H32O11. The number of hydrogen-bond acceptors (Lipinski definition) is 10. The number of esters is 4. The molecule has 33 heavy (non-hydrogen) atoms. The molecule has 4 atom stereocenters. The van der Waals surface area contributed by atoms with Crippen molar-refractivity contribution in [2.24, 2.45) is 0 Å². The van der Waals surface area contributed by atoms with Crippen molar-refractivity contribution in [3.63, 3.8) is 0 Å². The fourth-order valence-electron chi connectivity index (χ4n) is 3.04. The van der Waals surface area contributed by atoms with Crippen molar-refractivity contribution in [1.29, 1.82) is 0 Å². The maximum Gasteiger partial charge on any atom is 0.333 e. The molecule has 0 aromatic heterocycles. The molecule has 1 heterocycles. The maximum absolute atomic E-state index is 12.3. The number of carbonyl (C=O) groups excluding carboxylic acids is 4. The van der Waals surface area contributed by atoms with Gasteiger partial charge in [0.2, 0.25) is 6.10 Å². The van der Waals surface area contributed by atoms with Gasteiger partial charge in [-0.05, 0) is 19.3 Å². The van der Waals surface area contributed by atoms with Crippen molar-refractivity contribution >= 4 is 29.8 Å². The lowest BCUT2D eigenvalue weighted by Gasteiger charge is -2.45. The maximum atomic E-state index is 12.3. The van der Waals surface area contributed by atoms with Gasteiger partial charge in [0.1, 0.15) is 0 Å². The minimum absolute atomic E-state index is 0.0232. The zero-order valence-electron chi connectivity index (χ0n) is 19.4. The molecule has 0 aromatic carbocycles. The summed E-state index contributed by atoms with van der Waals surface area (Å²) in [7, 11) is 0. The van der Waals surface area contributed by atoms with Gasteiger partial charge in [-0.15, -0.1) is 0 Å². The first kappa shape index (κ1) is 28.1. The predicted octanol–water partition coefficient (Wildman–Crippen LogP) is 2.05. The van der Waals surface area contributed by atoms with Gasteiger partial charge in [-0.2, -0.15) is 0 Å². The van der Waals surface area contributed by atoms with Crippen LogP contribution in [0.3, 0.4) is 0 Å². The summed E-state index contributed by atoms with van der Waals surface area (Å²) in [6.45, 7) is 6.27. The van der Waals surface area contributed by atoms with Crippen LogP contribution < -0.4 is 0 Å². The highest BCUT2D eigenvalue weighted by atomic mass is 16.8. The summed E-state index contributed by atoms with van der Waals surface area (Å²) < 4.78 is 27.3. The summed E-state index contributed by atoms with van der Waals surface area (Å²) in [6, 6.07) is 0. The predicted molar refractivity (Wildman–Crippen MR) is 112 cm³/mol. The fourth-order valence-corrected chi connectivity index (χ4v) is 3.04. The molecule has 0 amide bonds. The van der Waals surface area contributed by atoms with Crippen LogP contribution in [0.1, 0.15) is 66.2 Å². The van der Waals surface area contributed by atoms with Crippen molar-refractivity contribution in [3.8, 4) is 0 Å². The molecule has 0 saturated carbocycles. The summed E-state index contributed by atoms with van der Waals surface area (Å²) in [6.07, 6.45) is -1.04. The topological polar surface area (TPSA) is 152 Å². The van der Waals surface area contributed by atoms with Crippen molar-refractivity contribution < 1.29 is 52.8 Å². The Morgan fingerprint density at radius 1 is 0.879 bits per heavy atom. The van der Waals surface area contributed by atoms with E-state index >= 15 is 0 Å². The SMILES string of the molecule is CCCC(=O)O[C@@H]1[C@@H](OC(=O)CCC)[C@](C)(OC(=O)/C=C/C(=O)O)OC[C@H]1OC(=O)CCC.